The maximum atomic E-state index is 9.29. The molecule has 46 heavy (non-hydrogen) atoms. The lowest BCUT2D eigenvalue weighted by Crippen LogP contribution is -2.00. The highest BCUT2D eigenvalue weighted by Gasteiger charge is 2.13. The molecule has 0 bridgehead atoms. The summed E-state index contributed by atoms with van der Waals surface area (Å²) in [5.74, 6) is 1.84. The first-order valence-corrected chi connectivity index (χ1v) is 14.8. The average Bonchev–Trinajstić information content (AvgIpc) is 3.15. The molecule has 0 saturated carbocycles. The molecule has 0 spiro atoms. The summed E-state index contributed by atoms with van der Waals surface area (Å²) in [6.45, 7) is 0. The molecule has 7 rings (SSSR count). The molecule has 0 radical (unpaired) electrons. The number of nitriles is 2. The normalized spacial score (nSPS) is 10.6. The van der Waals surface area contributed by atoms with Gasteiger partial charge in [-0.3, -0.25) is 0 Å². The molecule has 5 heteroatoms. The smallest absolute Gasteiger partial charge is 0.164 e. The van der Waals surface area contributed by atoms with Crippen LogP contribution < -0.4 is 0 Å². The predicted octanol–water partition coefficient (Wildman–Crippen LogP) is 9.62. The SMILES string of the molecule is N#Cc1ccc(-c2cc(-c3ccc(C#N)cc3)cc(-c3ccc(-c4nc(-c5ccccc5)nc(-c5ccccc5)n4)cc3)c2)cc1. The van der Waals surface area contributed by atoms with Crippen LogP contribution in [0, 0.1) is 22.7 Å². The molecule has 0 aliphatic carbocycles. The highest BCUT2D eigenvalue weighted by Crippen LogP contribution is 2.34. The first-order chi connectivity index (χ1) is 22.7. The molecular formula is C41H25N5. The maximum Gasteiger partial charge on any atom is 0.164 e. The molecule has 0 atom stereocenters. The van der Waals surface area contributed by atoms with Crippen LogP contribution in [0.25, 0.3) is 67.5 Å². The highest BCUT2D eigenvalue weighted by atomic mass is 15.0. The molecule has 0 fully saturated rings. The summed E-state index contributed by atoms with van der Waals surface area (Å²) in [6, 6.07) is 54.2. The Balaban J connectivity index is 1.30. The highest BCUT2D eigenvalue weighted by molar-refractivity contribution is 5.82. The minimum Gasteiger partial charge on any atom is -0.208 e. The second-order valence-corrected chi connectivity index (χ2v) is 10.8. The van der Waals surface area contributed by atoms with Crippen LogP contribution in [-0.2, 0) is 0 Å². The summed E-state index contributed by atoms with van der Waals surface area (Å²) in [4.78, 5) is 14.5. The first-order valence-electron chi connectivity index (χ1n) is 14.8. The van der Waals surface area contributed by atoms with E-state index in [1.54, 1.807) is 0 Å². The molecule has 0 aliphatic rings. The van der Waals surface area contributed by atoms with Gasteiger partial charge >= 0.3 is 0 Å². The molecular weight excluding hydrogens is 562 g/mol. The van der Waals surface area contributed by atoms with Crippen LogP contribution in [0.2, 0.25) is 0 Å². The molecule has 5 nitrogen and oxygen atoms in total. The lowest BCUT2D eigenvalue weighted by atomic mass is 9.92. The third-order valence-electron chi connectivity index (χ3n) is 7.80. The number of rotatable bonds is 6. The average molecular weight is 588 g/mol. The van der Waals surface area contributed by atoms with E-state index >= 15 is 0 Å². The van der Waals surface area contributed by atoms with Gasteiger partial charge in [-0.1, -0.05) is 109 Å². The van der Waals surface area contributed by atoms with E-state index in [0.29, 0.717) is 28.6 Å². The molecule has 214 valence electrons. The van der Waals surface area contributed by atoms with Gasteiger partial charge in [-0.15, -0.1) is 0 Å². The van der Waals surface area contributed by atoms with Crippen molar-refractivity contribution in [1.82, 2.24) is 15.0 Å². The number of aromatic nitrogens is 3. The van der Waals surface area contributed by atoms with E-state index in [2.05, 4.69) is 42.5 Å². The fourth-order valence-corrected chi connectivity index (χ4v) is 5.35. The zero-order chi connectivity index (χ0) is 31.3. The predicted molar refractivity (Wildman–Crippen MR) is 182 cm³/mol. The van der Waals surface area contributed by atoms with Gasteiger partial charge in [-0.25, -0.2) is 15.0 Å². The summed E-state index contributed by atoms with van der Waals surface area (Å²) in [5, 5.41) is 18.6. The Bertz CT molecular complexity index is 2090. The Hall–Kier alpha value is -6.69. The van der Waals surface area contributed by atoms with E-state index < -0.39 is 0 Å². The van der Waals surface area contributed by atoms with Crippen molar-refractivity contribution in [2.75, 3.05) is 0 Å². The zero-order valence-corrected chi connectivity index (χ0v) is 24.7. The van der Waals surface area contributed by atoms with Crippen molar-refractivity contribution in [1.29, 1.82) is 10.5 Å². The Kier molecular flexibility index (Phi) is 7.64. The van der Waals surface area contributed by atoms with Crippen LogP contribution in [0.4, 0.5) is 0 Å². The number of benzene rings is 6. The van der Waals surface area contributed by atoms with Crippen LogP contribution in [0.3, 0.4) is 0 Å². The van der Waals surface area contributed by atoms with Crippen molar-refractivity contribution >= 4 is 0 Å². The van der Waals surface area contributed by atoms with Crippen molar-refractivity contribution < 1.29 is 0 Å². The minimum absolute atomic E-state index is 0.601. The van der Waals surface area contributed by atoms with Gasteiger partial charge in [-0.2, -0.15) is 10.5 Å². The van der Waals surface area contributed by atoms with Crippen LogP contribution in [0.5, 0.6) is 0 Å². The monoisotopic (exact) mass is 587 g/mol. The number of hydrogen-bond acceptors (Lipinski definition) is 5. The maximum absolute atomic E-state index is 9.29. The Labute approximate surface area is 267 Å². The van der Waals surface area contributed by atoms with Crippen molar-refractivity contribution in [3.63, 3.8) is 0 Å². The molecule has 0 amide bonds. The summed E-state index contributed by atoms with van der Waals surface area (Å²) in [6.07, 6.45) is 0. The molecule has 7 aromatic rings. The quantitative estimate of drug-likeness (QED) is 0.193. The van der Waals surface area contributed by atoms with E-state index in [1.807, 2.05) is 121 Å². The van der Waals surface area contributed by atoms with Crippen molar-refractivity contribution in [2.24, 2.45) is 0 Å². The third-order valence-corrected chi connectivity index (χ3v) is 7.80. The van der Waals surface area contributed by atoms with Crippen LogP contribution in [0.15, 0.2) is 152 Å². The molecule has 0 saturated heterocycles. The lowest BCUT2D eigenvalue weighted by molar-refractivity contribution is 1.07. The third kappa shape index (κ3) is 5.90. The molecule has 0 aliphatic heterocycles. The molecule has 1 aromatic heterocycles. The van der Waals surface area contributed by atoms with Gasteiger partial charge in [-0.05, 0) is 75.8 Å². The van der Waals surface area contributed by atoms with Gasteiger partial charge in [0, 0.05) is 16.7 Å². The number of nitrogens with zero attached hydrogens (tertiary/aromatic N) is 5. The molecule has 0 N–H and O–H groups in total. The Morgan fingerprint density at radius 3 is 0.913 bits per heavy atom. The van der Waals surface area contributed by atoms with Crippen LogP contribution in [-0.4, -0.2) is 15.0 Å². The van der Waals surface area contributed by atoms with E-state index in [0.717, 1.165) is 50.1 Å². The summed E-state index contributed by atoms with van der Waals surface area (Å²) in [7, 11) is 0. The largest absolute Gasteiger partial charge is 0.208 e. The van der Waals surface area contributed by atoms with Gasteiger partial charge in [0.2, 0.25) is 0 Å². The Morgan fingerprint density at radius 1 is 0.304 bits per heavy atom. The Morgan fingerprint density at radius 2 is 0.587 bits per heavy atom. The van der Waals surface area contributed by atoms with Crippen molar-refractivity contribution in [3.05, 3.63) is 163 Å². The lowest BCUT2D eigenvalue weighted by Gasteiger charge is -2.12. The van der Waals surface area contributed by atoms with E-state index in [1.165, 1.54) is 0 Å². The fourth-order valence-electron chi connectivity index (χ4n) is 5.35. The summed E-state index contributed by atoms with van der Waals surface area (Å²) < 4.78 is 0. The fraction of sp³-hybridized carbons (Fsp3) is 0. The standard InChI is InChI=1S/C41H25N5/c42-26-28-11-15-30(16-12-28)36-23-37(31-17-13-29(27-43)14-18-31)25-38(24-36)32-19-21-35(22-20-32)41-45-39(33-7-3-1-4-8-33)44-40(46-41)34-9-5-2-6-10-34/h1-25H. The van der Waals surface area contributed by atoms with Gasteiger partial charge in [0.15, 0.2) is 17.5 Å². The van der Waals surface area contributed by atoms with Gasteiger partial charge in [0.1, 0.15) is 0 Å². The van der Waals surface area contributed by atoms with Crippen molar-refractivity contribution in [2.45, 2.75) is 0 Å². The second kappa shape index (κ2) is 12.5. The van der Waals surface area contributed by atoms with E-state index in [-0.39, 0.29) is 0 Å². The van der Waals surface area contributed by atoms with Gasteiger partial charge in [0.25, 0.3) is 0 Å². The van der Waals surface area contributed by atoms with Gasteiger partial charge in [0.05, 0.1) is 23.3 Å². The van der Waals surface area contributed by atoms with E-state index in [4.69, 9.17) is 15.0 Å². The van der Waals surface area contributed by atoms with E-state index in [9.17, 15) is 10.5 Å². The van der Waals surface area contributed by atoms with Gasteiger partial charge < -0.3 is 0 Å². The van der Waals surface area contributed by atoms with Crippen LogP contribution in [0.1, 0.15) is 11.1 Å². The minimum atomic E-state index is 0.601. The van der Waals surface area contributed by atoms with Crippen LogP contribution >= 0.6 is 0 Å². The molecule has 6 aromatic carbocycles. The summed E-state index contributed by atoms with van der Waals surface area (Å²) in [5.41, 5.74) is 10.1. The zero-order valence-electron chi connectivity index (χ0n) is 24.7. The topological polar surface area (TPSA) is 86.2 Å². The van der Waals surface area contributed by atoms with Crippen molar-refractivity contribution in [3.8, 4) is 79.7 Å². The second-order valence-electron chi connectivity index (χ2n) is 10.8. The first kappa shape index (κ1) is 28.1. The molecule has 1 heterocycles. The number of hydrogen-bond donors (Lipinski definition) is 0. The molecule has 0 unspecified atom stereocenters. The summed E-state index contributed by atoms with van der Waals surface area (Å²) >= 11 is 0.